The van der Waals surface area contributed by atoms with Crippen LogP contribution in [0.15, 0.2) is 36.4 Å². The van der Waals surface area contributed by atoms with E-state index >= 15 is 0 Å². The normalized spacial score (nSPS) is 12.3. The van der Waals surface area contributed by atoms with E-state index < -0.39 is 16.5 Å². The van der Waals surface area contributed by atoms with Crippen molar-refractivity contribution in [2.45, 2.75) is 4.83 Å². The van der Waals surface area contributed by atoms with Crippen molar-refractivity contribution in [3.05, 3.63) is 64.2 Å². The molecule has 1 nitrogen and oxygen atoms in total. The molecule has 0 aliphatic heterocycles. The SMILES string of the molecule is COc1ccc(C(Br)c2cccc(F)c2F)cc1Cl. The lowest BCUT2D eigenvalue weighted by molar-refractivity contribution is 0.415. The first-order valence-electron chi connectivity index (χ1n) is 5.46. The zero-order valence-electron chi connectivity index (χ0n) is 9.96. The molecule has 0 fully saturated rings. The maximum Gasteiger partial charge on any atom is 0.163 e. The minimum absolute atomic E-state index is 0.223. The third-order valence-corrected chi connectivity index (χ3v) is 4.04. The maximum atomic E-state index is 13.7. The largest absolute Gasteiger partial charge is 0.495 e. The van der Waals surface area contributed by atoms with Crippen LogP contribution >= 0.6 is 27.5 Å². The quantitative estimate of drug-likeness (QED) is 0.701. The number of halogens is 4. The number of hydrogen-bond donors (Lipinski definition) is 0. The fourth-order valence-electron chi connectivity index (χ4n) is 1.74. The van der Waals surface area contributed by atoms with Gasteiger partial charge in [0.2, 0.25) is 0 Å². The summed E-state index contributed by atoms with van der Waals surface area (Å²) < 4.78 is 32.0. The molecule has 0 saturated heterocycles. The van der Waals surface area contributed by atoms with Gasteiger partial charge in [0.15, 0.2) is 11.6 Å². The predicted octanol–water partition coefficient (Wildman–Crippen LogP) is 5.11. The molecular weight excluding hydrogens is 338 g/mol. The molecule has 0 aliphatic carbocycles. The Labute approximate surface area is 123 Å². The first-order chi connectivity index (χ1) is 9.04. The van der Waals surface area contributed by atoms with Crippen LogP contribution in [0.3, 0.4) is 0 Å². The highest BCUT2D eigenvalue weighted by atomic mass is 79.9. The molecule has 100 valence electrons. The zero-order chi connectivity index (χ0) is 14.0. The van der Waals surface area contributed by atoms with Crippen molar-refractivity contribution in [1.82, 2.24) is 0 Å². The summed E-state index contributed by atoms with van der Waals surface area (Å²) in [5, 5.41) is 0.418. The van der Waals surface area contributed by atoms with Gasteiger partial charge in [-0.05, 0) is 23.8 Å². The molecule has 0 radical (unpaired) electrons. The molecule has 0 N–H and O–H groups in total. The highest BCUT2D eigenvalue weighted by Gasteiger charge is 2.18. The minimum Gasteiger partial charge on any atom is -0.495 e. The van der Waals surface area contributed by atoms with Crippen LogP contribution in [-0.4, -0.2) is 7.11 Å². The second kappa shape index (κ2) is 5.88. The lowest BCUT2D eigenvalue weighted by atomic mass is 10.0. The molecule has 19 heavy (non-hydrogen) atoms. The number of alkyl halides is 1. The van der Waals surface area contributed by atoms with Gasteiger partial charge in [0.05, 0.1) is 17.0 Å². The van der Waals surface area contributed by atoms with Gasteiger partial charge in [-0.25, -0.2) is 8.78 Å². The Morgan fingerprint density at radius 3 is 2.58 bits per heavy atom. The average molecular weight is 348 g/mol. The van der Waals surface area contributed by atoms with Gasteiger partial charge in [0, 0.05) is 5.56 Å². The monoisotopic (exact) mass is 346 g/mol. The van der Waals surface area contributed by atoms with Crippen molar-refractivity contribution < 1.29 is 13.5 Å². The lowest BCUT2D eigenvalue weighted by Gasteiger charge is -2.13. The van der Waals surface area contributed by atoms with Crippen LogP contribution in [0.5, 0.6) is 5.75 Å². The summed E-state index contributed by atoms with van der Waals surface area (Å²) in [5.41, 5.74) is 0.941. The van der Waals surface area contributed by atoms with Gasteiger partial charge in [-0.2, -0.15) is 0 Å². The fourth-order valence-corrected chi connectivity index (χ4v) is 2.64. The molecule has 2 rings (SSSR count). The summed E-state index contributed by atoms with van der Waals surface area (Å²) in [6.07, 6.45) is 0. The fraction of sp³-hybridized carbons (Fsp3) is 0.143. The predicted molar refractivity (Wildman–Crippen MR) is 75.1 cm³/mol. The number of benzene rings is 2. The van der Waals surface area contributed by atoms with Gasteiger partial charge in [-0.1, -0.05) is 45.7 Å². The van der Waals surface area contributed by atoms with E-state index in [9.17, 15) is 8.78 Å². The maximum absolute atomic E-state index is 13.7. The molecule has 1 atom stereocenters. The van der Waals surface area contributed by atoms with Gasteiger partial charge < -0.3 is 4.74 Å². The van der Waals surface area contributed by atoms with Crippen molar-refractivity contribution in [3.8, 4) is 5.75 Å². The molecule has 0 aromatic heterocycles. The molecule has 0 aliphatic rings. The second-order valence-corrected chi connectivity index (χ2v) is 5.22. The molecule has 2 aromatic rings. The van der Waals surface area contributed by atoms with E-state index in [4.69, 9.17) is 16.3 Å². The van der Waals surface area contributed by atoms with E-state index in [1.165, 1.54) is 19.2 Å². The number of rotatable bonds is 3. The van der Waals surface area contributed by atoms with Crippen molar-refractivity contribution in [1.29, 1.82) is 0 Å². The van der Waals surface area contributed by atoms with E-state index in [2.05, 4.69) is 15.9 Å². The third-order valence-electron chi connectivity index (χ3n) is 2.72. The van der Waals surface area contributed by atoms with Crippen LogP contribution in [-0.2, 0) is 0 Å². The van der Waals surface area contributed by atoms with E-state index in [0.717, 1.165) is 11.6 Å². The van der Waals surface area contributed by atoms with Crippen LogP contribution in [0, 0.1) is 11.6 Å². The van der Waals surface area contributed by atoms with Gasteiger partial charge in [-0.15, -0.1) is 0 Å². The van der Waals surface area contributed by atoms with Gasteiger partial charge >= 0.3 is 0 Å². The summed E-state index contributed by atoms with van der Waals surface area (Å²) >= 11 is 9.37. The molecule has 0 spiro atoms. The molecule has 0 amide bonds. The van der Waals surface area contributed by atoms with Gasteiger partial charge in [0.1, 0.15) is 5.75 Å². The summed E-state index contributed by atoms with van der Waals surface area (Å²) in [6.45, 7) is 0. The molecule has 5 heteroatoms. The topological polar surface area (TPSA) is 9.23 Å². The number of methoxy groups -OCH3 is 1. The zero-order valence-corrected chi connectivity index (χ0v) is 12.3. The molecule has 0 bridgehead atoms. The van der Waals surface area contributed by atoms with Crippen molar-refractivity contribution >= 4 is 27.5 Å². The van der Waals surface area contributed by atoms with Gasteiger partial charge in [0.25, 0.3) is 0 Å². The van der Waals surface area contributed by atoms with Crippen molar-refractivity contribution in [2.24, 2.45) is 0 Å². The summed E-state index contributed by atoms with van der Waals surface area (Å²) in [5.74, 6) is -1.21. The highest BCUT2D eigenvalue weighted by Crippen LogP contribution is 2.36. The highest BCUT2D eigenvalue weighted by molar-refractivity contribution is 9.09. The first-order valence-corrected chi connectivity index (χ1v) is 6.75. The molecule has 2 aromatic carbocycles. The van der Waals surface area contributed by atoms with E-state index in [1.807, 2.05) is 0 Å². The Bertz CT molecular complexity index is 604. The van der Waals surface area contributed by atoms with Gasteiger partial charge in [-0.3, -0.25) is 0 Å². The van der Waals surface area contributed by atoms with Crippen molar-refractivity contribution in [2.75, 3.05) is 7.11 Å². The Morgan fingerprint density at radius 2 is 1.95 bits per heavy atom. The molecular formula is C14H10BrClF2O. The van der Waals surface area contributed by atoms with Crippen LogP contribution in [0.25, 0.3) is 0 Å². The number of hydrogen-bond acceptors (Lipinski definition) is 1. The molecule has 1 unspecified atom stereocenters. The summed E-state index contributed by atoms with van der Waals surface area (Å²) in [7, 11) is 1.51. The Kier molecular flexibility index (Phi) is 4.42. The van der Waals surface area contributed by atoms with E-state index in [1.54, 1.807) is 18.2 Å². The standard InChI is InChI=1S/C14H10BrClF2O/c1-19-12-6-5-8(7-10(12)16)13(15)9-3-2-4-11(17)14(9)18/h2-7,13H,1H3. The molecule has 0 heterocycles. The van der Waals surface area contributed by atoms with Crippen LogP contribution in [0.2, 0.25) is 5.02 Å². The smallest absolute Gasteiger partial charge is 0.163 e. The average Bonchev–Trinajstić information content (AvgIpc) is 2.41. The second-order valence-electron chi connectivity index (χ2n) is 3.90. The Hall–Kier alpha value is -1.13. The third kappa shape index (κ3) is 2.90. The summed E-state index contributed by atoms with van der Waals surface area (Å²) in [4.78, 5) is -0.480. The van der Waals surface area contributed by atoms with E-state index in [-0.39, 0.29) is 5.56 Å². The Balaban J connectivity index is 2.41. The van der Waals surface area contributed by atoms with Crippen LogP contribution in [0.1, 0.15) is 16.0 Å². The van der Waals surface area contributed by atoms with Crippen LogP contribution < -0.4 is 4.74 Å². The minimum atomic E-state index is -0.874. The van der Waals surface area contributed by atoms with E-state index in [0.29, 0.717) is 10.8 Å². The lowest BCUT2D eigenvalue weighted by Crippen LogP contribution is -1.99. The van der Waals surface area contributed by atoms with Crippen molar-refractivity contribution in [3.63, 3.8) is 0 Å². The first kappa shape index (κ1) is 14.3. The molecule has 0 saturated carbocycles. The Morgan fingerprint density at radius 1 is 1.21 bits per heavy atom. The number of ether oxygens (including phenoxy) is 1. The van der Waals surface area contributed by atoms with Crippen LogP contribution in [0.4, 0.5) is 8.78 Å². The summed E-state index contributed by atoms with van der Waals surface area (Å²) in [6, 6.07) is 9.16.